The summed E-state index contributed by atoms with van der Waals surface area (Å²) in [7, 11) is -3.53. The highest BCUT2D eigenvalue weighted by molar-refractivity contribution is 7.89. The van der Waals surface area contributed by atoms with Crippen LogP contribution in [0.5, 0.6) is 0 Å². The first kappa shape index (κ1) is 23.9. The molecule has 0 aliphatic heterocycles. The van der Waals surface area contributed by atoms with E-state index in [1.54, 1.807) is 57.2 Å². The molecule has 0 spiro atoms. The standard InChI is InChI=1S/C24H30N2O5S/c1-4-31-23(28)24(15-16-24)19-8-10-20(11-9-19)25-22(27)14-7-18-5-12-21(13-6-18)32(29,30)26-17(2)3/h5-6,8-13,17,26H,4,7,14-16H2,1-3H3,(H,25,27). The molecule has 8 heteroatoms. The van der Waals surface area contributed by atoms with Crippen molar-refractivity contribution < 1.29 is 22.7 Å². The van der Waals surface area contributed by atoms with Crippen LogP contribution in [0, 0.1) is 0 Å². The Balaban J connectivity index is 1.53. The summed E-state index contributed by atoms with van der Waals surface area (Å²) in [6.07, 6.45) is 2.33. The van der Waals surface area contributed by atoms with Gasteiger partial charge in [0.05, 0.1) is 16.9 Å². The molecule has 7 nitrogen and oxygen atoms in total. The van der Waals surface area contributed by atoms with Crippen molar-refractivity contribution >= 4 is 27.6 Å². The zero-order valence-electron chi connectivity index (χ0n) is 18.7. The van der Waals surface area contributed by atoms with E-state index >= 15 is 0 Å². The van der Waals surface area contributed by atoms with Crippen LogP contribution in [0.3, 0.4) is 0 Å². The number of hydrogen-bond donors (Lipinski definition) is 2. The van der Waals surface area contributed by atoms with Crippen LogP contribution in [0.1, 0.15) is 51.2 Å². The third-order valence-electron chi connectivity index (χ3n) is 5.40. The zero-order chi connectivity index (χ0) is 23.4. The van der Waals surface area contributed by atoms with E-state index in [0.29, 0.717) is 18.7 Å². The Morgan fingerprint density at radius 2 is 1.66 bits per heavy atom. The normalized spacial score (nSPS) is 14.8. The van der Waals surface area contributed by atoms with Crippen LogP contribution in [0.25, 0.3) is 0 Å². The lowest BCUT2D eigenvalue weighted by Crippen LogP contribution is -2.30. The van der Waals surface area contributed by atoms with Crippen molar-refractivity contribution in [2.24, 2.45) is 0 Å². The van der Waals surface area contributed by atoms with E-state index in [1.165, 1.54) is 0 Å². The van der Waals surface area contributed by atoms with Gasteiger partial charge in [-0.3, -0.25) is 9.59 Å². The van der Waals surface area contributed by atoms with Gasteiger partial charge in [-0.05, 0) is 75.4 Å². The molecule has 1 aliphatic carbocycles. The number of carbonyl (C=O) groups excluding carboxylic acids is 2. The number of aryl methyl sites for hydroxylation is 1. The molecule has 2 aromatic rings. The van der Waals surface area contributed by atoms with Crippen LogP contribution in [-0.2, 0) is 36.2 Å². The highest BCUT2D eigenvalue weighted by Crippen LogP contribution is 2.49. The van der Waals surface area contributed by atoms with Crippen LogP contribution in [0.4, 0.5) is 5.69 Å². The molecule has 1 fully saturated rings. The third-order valence-corrected chi connectivity index (χ3v) is 7.08. The van der Waals surface area contributed by atoms with Gasteiger partial charge < -0.3 is 10.1 Å². The van der Waals surface area contributed by atoms with E-state index in [2.05, 4.69) is 10.0 Å². The number of rotatable bonds is 10. The minimum Gasteiger partial charge on any atom is -0.465 e. The van der Waals surface area contributed by atoms with E-state index in [-0.39, 0.29) is 29.2 Å². The summed E-state index contributed by atoms with van der Waals surface area (Å²) in [5, 5.41) is 2.86. The van der Waals surface area contributed by atoms with Gasteiger partial charge in [-0.25, -0.2) is 13.1 Å². The Morgan fingerprint density at radius 3 is 2.19 bits per heavy atom. The molecule has 2 N–H and O–H groups in total. The topological polar surface area (TPSA) is 102 Å². The Labute approximate surface area is 189 Å². The molecule has 0 heterocycles. The number of benzene rings is 2. The van der Waals surface area contributed by atoms with Crippen molar-refractivity contribution in [1.82, 2.24) is 4.72 Å². The molecule has 1 saturated carbocycles. The average molecular weight is 459 g/mol. The van der Waals surface area contributed by atoms with Gasteiger partial charge in [0.1, 0.15) is 0 Å². The summed E-state index contributed by atoms with van der Waals surface area (Å²) >= 11 is 0. The van der Waals surface area contributed by atoms with Crippen LogP contribution in [0.2, 0.25) is 0 Å². The molecule has 0 unspecified atom stereocenters. The Bertz CT molecular complexity index is 1060. The predicted octanol–water partition coefficient (Wildman–Crippen LogP) is 3.54. The van der Waals surface area contributed by atoms with E-state index in [4.69, 9.17) is 4.74 Å². The molecule has 2 aromatic carbocycles. The first-order chi connectivity index (χ1) is 15.2. The second-order valence-corrected chi connectivity index (χ2v) is 10.1. The minimum absolute atomic E-state index is 0.137. The molecule has 1 amide bonds. The molecule has 0 atom stereocenters. The van der Waals surface area contributed by atoms with Gasteiger partial charge in [0.15, 0.2) is 0 Å². The summed E-state index contributed by atoms with van der Waals surface area (Å²) in [6, 6.07) is 13.7. The quantitative estimate of drug-likeness (QED) is 0.530. The van der Waals surface area contributed by atoms with E-state index in [1.807, 2.05) is 12.1 Å². The molecule has 0 radical (unpaired) electrons. The largest absolute Gasteiger partial charge is 0.465 e. The Morgan fingerprint density at radius 1 is 1.03 bits per heavy atom. The number of nitrogens with one attached hydrogen (secondary N) is 2. The van der Waals surface area contributed by atoms with Crippen LogP contribution in [-0.4, -0.2) is 32.9 Å². The molecule has 172 valence electrons. The molecular weight excluding hydrogens is 428 g/mol. The second-order valence-electron chi connectivity index (χ2n) is 8.35. The maximum absolute atomic E-state index is 12.3. The van der Waals surface area contributed by atoms with Crippen molar-refractivity contribution in [3.63, 3.8) is 0 Å². The number of sulfonamides is 1. The second kappa shape index (κ2) is 9.83. The monoisotopic (exact) mass is 458 g/mol. The number of carbonyl (C=O) groups is 2. The summed E-state index contributed by atoms with van der Waals surface area (Å²) in [6.45, 7) is 5.69. The number of esters is 1. The van der Waals surface area contributed by atoms with Crippen molar-refractivity contribution in [3.05, 3.63) is 59.7 Å². The third kappa shape index (κ3) is 5.75. The first-order valence-corrected chi connectivity index (χ1v) is 12.3. The van der Waals surface area contributed by atoms with E-state index < -0.39 is 15.4 Å². The van der Waals surface area contributed by atoms with Gasteiger partial charge >= 0.3 is 5.97 Å². The fourth-order valence-corrected chi connectivity index (χ4v) is 4.82. The molecule has 0 bridgehead atoms. The summed E-state index contributed by atoms with van der Waals surface area (Å²) in [5.74, 6) is -0.321. The zero-order valence-corrected chi connectivity index (χ0v) is 19.5. The highest BCUT2D eigenvalue weighted by Gasteiger charge is 2.52. The summed E-state index contributed by atoms with van der Waals surface area (Å²) in [4.78, 5) is 24.7. The summed E-state index contributed by atoms with van der Waals surface area (Å²) < 4.78 is 32.1. The van der Waals surface area contributed by atoms with Crippen molar-refractivity contribution in [2.75, 3.05) is 11.9 Å². The molecule has 0 saturated heterocycles. The van der Waals surface area contributed by atoms with Crippen LogP contribution < -0.4 is 10.0 Å². The number of hydrogen-bond acceptors (Lipinski definition) is 5. The first-order valence-electron chi connectivity index (χ1n) is 10.9. The average Bonchev–Trinajstić information content (AvgIpc) is 3.54. The number of amides is 1. The molecule has 3 rings (SSSR count). The SMILES string of the molecule is CCOC(=O)C1(c2ccc(NC(=O)CCc3ccc(S(=O)(=O)NC(C)C)cc3)cc2)CC1. The Hall–Kier alpha value is -2.71. The summed E-state index contributed by atoms with van der Waals surface area (Å²) in [5.41, 5.74) is 1.93. The number of ether oxygens (including phenoxy) is 1. The van der Waals surface area contributed by atoms with Gasteiger partial charge in [0.25, 0.3) is 0 Å². The van der Waals surface area contributed by atoms with E-state index in [0.717, 1.165) is 24.0 Å². The minimum atomic E-state index is -3.53. The van der Waals surface area contributed by atoms with Gasteiger partial charge in [0.2, 0.25) is 15.9 Å². The van der Waals surface area contributed by atoms with E-state index in [9.17, 15) is 18.0 Å². The van der Waals surface area contributed by atoms with Crippen molar-refractivity contribution in [2.45, 2.75) is 62.8 Å². The molecule has 1 aliphatic rings. The smallest absolute Gasteiger partial charge is 0.316 e. The lowest BCUT2D eigenvalue weighted by atomic mass is 9.96. The molecule has 32 heavy (non-hydrogen) atoms. The van der Waals surface area contributed by atoms with Crippen LogP contribution in [0.15, 0.2) is 53.4 Å². The van der Waals surface area contributed by atoms with Gasteiger partial charge in [-0.2, -0.15) is 0 Å². The highest BCUT2D eigenvalue weighted by atomic mass is 32.2. The molecule has 0 aromatic heterocycles. The lowest BCUT2D eigenvalue weighted by molar-refractivity contribution is -0.146. The maximum Gasteiger partial charge on any atom is 0.316 e. The Kier molecular flexibility index (Phi) is 7.36. The maximum atomic E-state index is 12.3. The fourth-order valence-electron chi connectivity index (χ4n) is 3.57. The predicted molar refractivity (Wildman–Crippen MR) is 123 cm³/mol. The van der Waals surface area contributed by atoms with Crippen molar-refractivity contribution in [1.29, 1.82) is 0 Å². The number of anilines is 1. The van der Waals surface area contributed by atoms with Gasteiger partial charge in [-0.1, -0.05) is 24.3 Å². The molecular formula is C24H30N2O5S. The fraction of sp³-hybridized carbons (Fsp3) is 0.417. The van der Waals surface area contributed by atoms with Crippen LogP contribution >= 0.6 is 0 Å². The lowest BCUT2D eigenvalue weighted by Gasteiger charge is -2.15. The van der Waals surface area contributed by atoms with Crippen molar-refractivity contribution in [3.8, 4) is 0 Å². The van der Waals surface area contributed by atoms with Gasteiger partial charge in [0, 0.05) is 18.2 Å². The van der Waals surface area contributed by atoms with Gasteiger partial charge in [-0.15, -0.1) is 0 Å².